The van der Waals surface area contributed by atoms with Crippen LogP contribution in [0.1, 0.15) is 39.0 Å². The number of benzene rings is 1. The van der Waals surface area contributed by atoms with Gasteiger partial charge in [-0.25, -0.2) is 0 Å². The number of carbonyl (C=O) groups is 1. The molecule has 0 bridgehead atoms. The molecular weight excluding hydrogens is 392 g/mol. The minimum Gasteiger partial charge on any atom is -0.331 e. The largest absolute Gasteiger partial charge is 0.331 e. The molecule has 0 radical (unpaired) electrons. The molecule has 1 aliphatic carbocycles. The van der Waals surface area contributed by atoms with E-state index in [0.29, 0.717) is 16.9 Å². The van der Waals surface area contributed by atoms with Crippen LogP contribution in [-0.4, -0.2) is 27.7 Å². The maximum atomic E-state index is 12.9. The molecule has 0 aromatic heterocycles. The Morgan fingerprint density at radius 1 is 1.24 bits per heavy atom. The minimum atomic E-state index is 0.0414. The number of thiocarbonyl (C=S) groups is 1. The monoisotopic (exact) mass is 410 g/mol. The van der Waals surface area contributed by atoms with Crippen LogP contribution in [0.5, 0.6) is 0 Å². The molecule has 25 heavy (non-hydrogen) atoms. The lowest BCUT2D eigenvalue weighted by atomic mass is 9.94. The fourth-order valence-electron chi connectivity index (χ4n) is 3.68. The van der Waals surface area contributed by atoms with Crippen molar-refractivity contribution in [2.45, 2.75) is 50.0 Å². The highest BCUT2D eigenvalue weighted by Crippen LogP contribution is 2.53. The number of anilines is 1. The normalized spacial score (nSPS) is 24.4. The van der Waals surface area contributed by atoms with Gasteiger partial charge in [-0.3, -0.25) is 9.69 Å². The van der Waals surface area contributed by atoms with Crippen LogP contribution < -0.4 is 4.90 Å². The summed E-state index contributed by atoms with van der Waals surface area (Å²) >= 11 is 14.8. The summed E-state index contributed by atoms with van der Waals surface area (Å²) in [5.41, 5.74) is 1.14. The van der Waals surface area contributed by atoms with E-state index in [1.165, 1.54) is 35.9 Å². The summed E-state index contributed by atoms with van der Waals surface area (Å²) < 4.78 is 0.660. The molecule has 1 saturated carbocycles. The highest BCUT2D eigenvalue weighted by Gasteiger charge is 2.40. The van der Waals surface area contributed by atoms with Gasteiger partial charge in [0.1, 0.15) is 14.3 Å². The van der Waals surface area contributed by atoms with Crippen molar-refractivity contribution in [3.8, 4) is 0 Å². The maximum absolute atomic E-state index is 12.9. The first kappa shape index (κ1) is 17.7. The molecule has 132 valence electrons. The van der Waals surface area contributed by atoms with E-state index >= 15 is 0 Å². The molecular formula is C18H19ClN2OS3. The van der Waals surface area contributed by atoms with Crippen LogP contribution in [0.25, 0.3) is 0 Å². The summed E-state index contributed by atoms with van der Waals surface area (Å²) in [5.74, 6) is 0.0414. The highest BCUT2D eigenvalue weighted by atomic mass is 35.5. The van der Waals surface area contributed by atoms with Crippen LogP contribution in [0.4, 0.5) is 5.69 Å². The topological polar surface area (TPSA) is 23.6 Å². The number of thioether (sulfide) groups is 2. The molecule has 0 atom stereocenters. The molecule has 1 saturated heterocycles. The predicted molar refractivity (Wildman–Crippen MR) is 111 cm³/mol. The van der Waals surface area contributed by atoms with Gasteiger partial charge in [0.15, 0.2) is 0 Å². The lowest BCUT2D eigenvalue weighted by molar-refractivity contribution is -0.122. The number of hydrogen-bond acceptors (Lipinski definition) is 5. The summed E-state index contributed by atoms with van der Waals surface area (Å²) in [6, 6.07) is 6.45. The molecule has 1 amide bonds. The number of fused-ring (bicyclic) bond motifs is 1. The van der Waals surface area contributed by atoms with Crippen molar-refractivity contribution in [3.63, 3.8) is 0 Å². The molecule has 0 spiro atoms. The van der Waals surface area contributed by atoms with Gasteiger partial charge >= 0.3 is 0 Å². The lowest BCUT2D eigenvalue weighted by Crippen LogP contribution is -2.35. The van der Waals surface area contributed by atoms with Gasteiger partial charge in [0.25, 0.3) is 5.91 Å². The Hall–Kier alpha value is -0.690. The van der Waals surface area contributed by atoms with Crippen molar-refractivity contribution in [2.75, 3.05) is 11.4 Å². The number of nitrogens with zero attached hydrogens (tertiary/aromatic N) is 2. The van der Waals surface area contributed by atoms with Crippen molar-refractivity contribution in [1.82, 2.24) is 4.90 Å². The standard InChI is InChI=1S/C18H19ClN2OS3/c1-2-20-16(22)15(25-18(20)23)17-21(12-6-4-3-5-7-12)13-10-11(19)8-9-14(13)24-17/h8-10,12H,2-7H2,1H3. The number of hydrogen-bond donors (Lipinski definition) is 0. The maximum Gasteiger partial charge on any atom is 0.268 e. The smallest absolute Gasteiger partial charge is 0.268 e. The summed E-state index contributed by atoms with van der Waals surface area (Å²) in [4.78, 5) is 18.9. The fourth-order valence-corrected chi connectivity index (χ4v) is 6.58. The van der Waals surface area contributed by atoms with Crippen molar-refractivity contribution >= 4 is 63.3 Å². The second-order valence-corrected chi connectivity index (χ2v) is 9.54. The van der Waals surface area contributed by atoms with E-state index in [4.69, 9.17) is 23.8 Å². The predicted octanol–water partition coefficient (Wildman–Crippen LogP) is 5.63. The summed E-state index contributed by atoms with van der Waals surface area (Å²) in [6.45, 7) is 2.59. The first-order valence-electron chi connectivity index (χ1n) is 8.64. The summed E-state index contributed by atoms with van der Waals surface area (Å²) in [6.07, 6.45) is 6.09. The average molecular weight is 411 g/mol. The SMILES string of the molecule is CCN1C(=O)C(=C2Sc3ccc(Cl)cc3N2C2CCCCC2)SC1=S. The Morgan fingerprint density at radius 3 is 2.68 bits per heavy atom. The van der Waals surface area contributed by atoms with E-state index in [2.05, 4.69) is 11.0 Å². The first-order valence-corrected chi connectivity index (χ1v) is 11.1. The lowest BCUT2D eigenvalue weighted by Gasteiger charge is -2.34. The van der Waals surface area contributed by atoms with E-state index in [1.54, 1.807) is 16.7 Å². The molecule has 2 fully saturated rings. The molecule has 2 aliphatic heterocycles. The second kappa shape index (κ2) is 7.14. The van der Waals surface area contributed by atoms with E-state index in [9.17, 15) is 4.79 Å². The quantitative estimate of drug-likeness (QED) is 0.464. The van der Waals surface area contributed by atoms with Crippen molar-refractivity contribution in [3.05, 3.63) is 33.2 Å². The van der Waals surface area contributed by atoms with Crippen molar-refractivity contribution in [1.29, 1.82) is 0 Å². The molecule has 3 aliphatic rings. The molecule has 7 heteroatoms. The molecule has 1 aromatic carbocycles. The highest BCUT2D eigenvalue weighted by molar-refractivity contribution is 8.27. The number of amides is 1. The third-order valence-corrected chi connectivity index (χ3v) is 7.87. The van der Waals surface area contributed by atoms with Gasteiger partial charge in [-0.05, 0) is 38.0 Å². The van der Waals surface area contributed by atoms with Gasteiger partial charge in [0, 0.05) is 22.5 Å². The third kappa shape index (κ3) is 3.11. The molecule has 4 rings (SSSR count). The summed E-state index contributed by atoms with van der Waals surface area (Å²) in [7, 11) is 0. The van der Waals surface area contributed by atoms with Gasteiger partial charge in [0.05, 0.1) is 5.69 Å². The molecule has 0 unspecified atom stereocenters. The van der Waals surface area contributed by atoms with Crippen LogP contribution in [0.15, 0.2) is 33.0 Å². The van der Waals surface area contributed by atoms with E-state index < -0.39 is 0 Å². The van der Waals surface area contributed by atoms with Gasteiger partial charge in [-0.1, -0.05) is 66.6 Å². The Morgan fingerprint density at radius 2 is 2.00 bits per heavy atom. The van der Waals surface area contributed by atoms with E-state index in [1.807, 2.05) is 19.1 Å². The van der Waals surface area contributed by atoms with E-state index in [0.717, 1.165) is 33.5 Å². The average Bonchev–Trinajstić information content (AvgIpc) is 3.12. The van der Waals surface area contributed by atoms with Gasteiger partial charge in [-0.15, -0.1) is 0 Å². The number of rotatable bonds is 2. The van der Waals surface area contributed by atoms with E-state index in [-0.39, 0.29) is 5.91 Å². The van der Waals surface area contributed by atoms with Crippen molar-refractivity contribution in [2.24, 2.45) is 0 Å². The van der Waals surface area contributed by atoms with Gasteiger partial charge < -0.3 is 4.90 Å². The number of carbonyl (C=O) groups excluding carboxylic acids is 1. The van der Waals surface area contributed by atoms with Gasteiger partial charge in [0.2, 0.25) is 0 Å². The minimum absolute atomic E-state index is 0.0414. The number of halogens is 1. The van der Waals surface area contributed by atoms with Crippen LogP contribution in [-0.2, 0) is 4.79 Å². The molecule has 0 N–H and O–H groups in total. The second-order valence-electron chi connectivity index (χ2n) is 6.43. The summed E-state index contributed by atoms with van der Waals surface area (Å²) in [5, 5.41) is 1.78. The Kier molecular flexibility index (Phi) is 5.06. The first-order chi connectivity index (χ1) is 12.1. The third-order valence-electron chi connectivity index (χ3n) is 4.91. The van der Waals surface area contributed by atoms with Crippen LogP contribution in [0.3, 0.4) is 0 Å². The van der Waals surface area contributed by atoms with Gasteiger partial charge in [-0.2, -0.15) is 0 Å². The Balaban J connectivity index is 1.80. The zero-order valence-electron chi connectivity index (χ0n) is 14.0. The van der Waals surface area contributed by atoms with Crippen LogP contribution >= 0.6 is 47.3 Å². The molecule has 1 aromatic rings. The number of likely N-dealkylation sites (N-methyl/N-ethyl adjacent to an activating group) is 1. The Bertz CT molecular complexity index is 774. The zero-order chi connectivity index (χ0) is 17.6. The molecule has 3 nitrogen and oxygen atoms in total. The van der Waals surface area contributed by atoms with Crippen LogP contribution in [0, 0.1) is 0 Å². The van der Waals surface area contributed by atoms with Crippen molar-refractivity contribution < 1.29 is 4.79 Å². The fraction of sp³-hybridized carbons (Fsp3) is 0.444. The van der Waals surface area contributed by atoms with Crippen LogP contribution in [0.2, 0.25) is 5.02 Å². The molecule has 2 heterocycles. The zero-order valence-corrected chi connectivity index (χ0v) is 17.2. The Labute approximate surface area is 167 Å².